The quantitative estimate of drug-likeness (QED) is 0.853. The third kappa shape index (κ3) is 2.56. The number of halogens is 1. The zero-order chi connectivity index (χ0) is 15.0. The first-order chi connectivity index (χ1) is 10.1. The van der Waals surface area contributed by atoms with Gasteiger partial charge in [0.25, 0.3) is 5.91 Å². The Morgan fingerprint density at radius 2 is 1.95 bits per heavy atom. The molecule has 1 aliphatic rings. The minimum Gasteiger partial charge on any atom is -0.339 e. The minimum absolute atomic E-state index is 0.0933. The summed E-state index contributed by atoms with van der Waals surface area (Å²) < 4.78 is 1.80. The maximum absolute atomic E-state index is 12.6. The molecule has 1 aromatic heterocycles. The van der Waals surface area contributed by atoms with Crippen molar-refractivity contribution in [3.8, 4) is 5.69 Å². The van der Waals surface area contributed by atoms with Crippen LogP contribution in [0.3, 0.4) is 0 Å². The molecule has 0 unspecified atom stereocenters. The Balaban J connectivity index is 2.02. The Morgan fingerprint density at radius 3 is 2.62 bits per heavy atom. The molecule has 0 atom stereocenters. The Kier molecular flexibility index (Phi) is 3.72. The molecule has 21 heavy (non-hydrogen) atoms. The van der Waals surface area contributed by atoms with E-state index >= 15 is 0 Å². The summed E-state index contributed by atoms with van der Waals surface area (Å²) >= 11 is 6.04. The summed E-state index contributed by atoms with van der Waals surface area (Å²) in [6.45, 7) is 5.52. The molecule has 4 nitrogen and oxygen atoms in total. The highest BCUT2D eigenvalue weighted by Crippen LogP contribution is 2.23. The Hall–Kier alpha value is -1.81. The molecule has 0 N–H and O–H groups in total. The summed E-state index contributed by atoms with van der Waals surface area (Å²) in [6, 6.07) is 7.50. The number of hydrogen-bond acceptors (Lipinski definition) is 2. The monoisotopic (exact) mass is 303 g/mol. The van der Waals surface area contributed by atoms with Gasteiger partial charge in [-0.3, -0.25) is 4.79 Å². The van der Waals surface area contributed by atoms with Gasteiger partial charge in [-0.1, -0.05) is 17.7 Å². The fourth-order valence-electron chi connectivity index (χ4n) is 2.89. The van der Waals surface area contributed by atoms with E-state index in [0.717, 1.165) is 48.6 Å². The SMILES string of the molecule is Cc1nn(-c2cccc(Cl)c2)c(C)c1C(=O)N1CCCC1. The molecule has 0 aliphatic carbocycles. The van der Waals surface area contributed by atoms with Crippen molar-refractivity contribution >= 4 is 17.5 Å². The highest BCUT2D eigenvalue weighted by atomic mass is 35.5. The second kappa shape index (κ2) is 5.53. The molecule has 0 bridgehead atoms. The van der Waals surface area contributed by atoms with E-state index in [1.807, 2.05) is 43.0 Å². The van der Waals surface area contributed by atoms with Gasteiger partial charge in [0, 0.05) is 18.1 Å². The standard InChI is InChI=1S/C16H18ClN3O/c1-11-15(16(21)19-8-3-4-9-19)12(2)20(18-11)14-7-5-6-13(17)10-14/h5-7,10H,3-4,8-9H2,1-2H3. The van der Waals surface area contributed by atoms with Crippen molar-refractivity contribution in [2.45, 2.75) is 26.7 Å². The number of amides is 1. The lowest BCUT2D eigenvalue weighted by molar-refractivity contribution is 0.0791. The lowest BCUT2D eigenvalue weighted by atomic mass is 10.1. The van der Waals surface area contributed by atoms with Crippen LogP contribution in [0, 0.1) is 13.8 Å². The van der Waals surface area contributed by atoms with Gasteiger partial charge < -0.3 is 4.90 Å². The summed E-state index contributed by atoms with van der Waals surface area (Å²) in [5.74, 6) is 0.0933. The fourth-order valence-corrected chi connectivity index (χ4v) is 3.07. The van der Waals surface area contributed by atoms with Gasteiger partial charge in [-0.25, -0.2) is 4.68 Å². The predicted molar refractivity (Wildman–Crippen MR) is 83.2 cm³/mol. The van der Waals surface area contributed by atoms with Gasteiger partial charge in [-0.15, -0.1) is 0 Å². The number of hydrogen-bond donors (Lipinski definition) is 0. The molecule has 1 amide bonds. The maximum atomic E-state index is 12.6. The third-order valence-corrected chi connectivity index (χ3v) is 4.19. The third-order valence-electron chi connectivity index (χ3n) is 3.95. The molecule has 3 rings (SSSR count). The average Bonchev–Trinajstić information content (AvgIpc) is 3.07. The van der Waals surface area contributed by atoms with Crippen LogP contribution in [0.2, 0.25) is 5.02 Å². The van der Waals surface area contributed by atoms with Crippen LogP contribution in [0.1, 0.15) is 34.6 Å². The van der Waals surface area contributed by atoms with E-state index in [1.165, 1.54) is 0 Å². The van der Waals surface area contributed by atoms with E-state index < -0.39 is 0 Å². The van der Waals surface area contributed by atoms with Gasteiger partial charge in [-0.05, 0) is 44.9 Å². The zero-order valence-electron chi connectivity index (χ0n) is 12.3. The van der Waals surface area contributed by atoms with Gasteiger partial charge in [0.2, 0.25) is 0 Å². The molecular weight excluding hydrogens is 286 g/mol. The topological polar surface area (TPSA) is 38.1 Å². The number of likely N-dealkylation sites (tertiary alicyclic amines) is 1. The van der Waals surface area contributed by atoms with Gasteiger partial charge in [0.1, 0.15) is 0 Å². The van der Waals surface area contributed by atoms with Crippen LogP contribution in [0.15, 0.2) is 24.3 Å². The molecule has 0 radical (unpaired) electrons. The van der Waals surface area contributed by atoms with Crippen LogP contribution < -0.4 is 0 Å². The maximum Gasteiger partial charge on any atom is 0.257 e. The van der Waals surface area contributed by atoms with E-state index in [-0.39, 0.29) is 5.91 Å². The lowest BCUT2D eigenvalue weighted by Crippen LogP contribution is -2.28. The first-order valence-electron chi connectivity index (χ1n) is 7.19. The first kappa shape index (κ1) is 14.1. The summed E-state index contributed by atoms with van der Waals surface area (Å²) in [5, 5.41) is 5.18. The number of nitrogens with zero attached hydrogens (tertiary/aromatic N) is 3. The highest BCUT2D eigenvalue weighted by Gasteiger charge is 2.26. The van der Waals surface area contributed by atoms with Crippen molar-refractivity contribution in [1.82, 2.24) is 14.7 Å². The smallest absolute Gasteiger partial charge is 0.257 e. The molecule has 1 aromatic carbocycles. The highest BCUT2D eigenvalue weighted by molar-refractivity contribution is 6.30. The van der Waals surface area contributed by atoms with Crippen molar-refractivity contribution in [1.29, 1.82) is 0 Å². The van der Waals surface area contributed by atoms with Crippen LogP contribution in [0.4, 0.5) is 0 Å². The predicted octanol–water partition coefficient (Wildman–Crippen LogP) is 3.38. The lowest BCUT2D eigenvalue weighted by Gasteiger charge is -2.15. The summed E-state index contributed by atoms with van der Waals surface area (Å²) in [5.41, 5.74) is 3.23. The van der Waals surface area contributed by atoms with Crippen molar-refractivity contribution in [3.05, 3.63) is 46.2 Å². The average molecular weight is 304 g/mol. The fraction of sp³-hybridized carbons (Fsp3) is 0.375. The molecule has 110 valence electrons. The number of carbonyl (C=O) groups excluding carboxylic acids is 1. The second-order valence-electron chi connectivity index (χ2n) is 5.44. The first-order valence-corrected chi connectivity index (χ1v) is 7.57. The van der Waals surface area contributed by atoms with Crippen LogP contribution in [0.25, 0.3) is 5.69 Å². The van der Waals surface area contributed by atoms with Crippen molar-refractivity contribution in [2.24, 2.45) is 0 Å². The molecule has 0 spiro atoms. The van der Waals surface area contributed by atoms with Crippen molar-refractivity contribution in [2.75, 3.05) is 13.1 Å². The molecule has 1 fully saturated rings. The molecule has 0 saturated carbocycles. The Labute approximate surface area is 129 Å². The second-order valence-corrected chi connectivity index (χ2v) is 5.87. The number of carbonyl (C=O) groups is 1. The number of aryl methyl sites for hydroxylation is 1. The van der Waals surface area contributed by atoms with Crippen molar-refractivity contribution in [3.63, 3.8) is 0 Å². The Bertz CT molecular complexity index is 687. The molecule has 1 saturated heterocycles. The van der Waals surface area contributed by atoms with Crippen LogP contribution >= 0.6 is 11.6 Å². The van der Waals surface area contributed by atoms with Crippen LogP contribution in [-0.4, -0.2) is 33.7 Å². The Morgan fingerprint density at radius 1 is 1.24 bits per heavy atom. The molecule has 2 aromatic rings. The van der Waals surface area contributed by atoms with Gasteiger partial charge in [0.05, 0.1) is 22.6 Å². The number of benzene rings is 1. The minimum atomic E-state index is 0.0933. The van der Waals surface area contributed by atoms with Crippen molar-refractivity contribution < 1.29 is 4.79 Å². The molecule has 1 aliphatic heterocycles. The molecule has 2 heterocycles. The summed E-state index contributed by atoms with van der Waals surface area (Å²) in [4.78, 5) is 14.6. The molecular formula is C16H18ClN3O. The summed E-state index contributed by atoms with van der Waals surface area (Å²) in [6.07, 6.45) is 2.18. The summed E-state index contributed by atoms with van der Waals surface area (Å²) in [7, 11) is 0. The van der Waals surface area contributed by atoms with E-state index in [9.17, 15) is 4.79 Å². The normalized spacial score (nSPS) is 14.7. The zero-order valence-corrected chi connectivity index (χ0v) is 13.0. The number of aromatic nitrogens is 2. The van der Waals surface area contributed by atoms with E-state index in [1.54, 1.807) is 4.68 Å². The molecule has 5 heteroatoms. The van der Waals surface area contributed by atoms with E-state index in [2.05, 4.69) is 5.10 Å². The van der Waals surface area contributed by atoms with Gasteiger partial charge in [0.15, 0.2) is 0 Å². The van der Waals surface area contributed by atoms with Gasteiger partial charge in [-0.2, -0.15) is 5.10 Å². The largest absolute Gasteiger partial charge is 0.339 e. The van der Waals surface area contributed by atoms with E-state index in [4.69, 9.17) is 11.6 Å². The van der Waals surface area contributed by atoms with Crippen LogP contribution in [0.5, 0.6) is 0 Å². The number of rotatable bonds is 2. The van der Waals surface area contributed by atoms with Gasteiger partial charge >= 0.3 is 0 Å². The van der Waals surface area contributed by atoms with E-state index in [0.29, 0.717) is 5.02 Å². The van der Waals surface area contributed by atoms with Crippen LogP contribution in [-0.2, 0) is 0 Å².